The lowest BCUT2D eigenvalue weighted by molar-refractivity contribution is -0.276. The number of hydrogen-bond acceptors (Lipinski definition) is 12. The summed E-state index contributed by atoms with van der Waals surface area (Å²) in [5, 5.41) is 2.64. The van der Waals surface area contributed by atoms with E-state index in [2.05, 4.69) is 5.32 Å². The van der Waals surface area contributed by atoms with Crippen LogP contribution in [-0.2, 0) is 38.1 Å². The Balaban J connectivity index is 1.64. The smallest absolute Gasteiger partial charge is 0.303 e. The number of aldehydes is 1. The Morgan fingerprint density at radius 2 is 1.45 bits per heavy atom. The summed E-state index contributed by atoms with van der Waals surface area (Å²) in [7, 11) is 0. The Kier molecular flexibility index (Phi) is 10.2. The summed E-state index contributed by atoms with van der Waals surface area (Å²) in [5.74, 6) is -4.08. The molecule has 44 heavy (non-hydrogen) atoms. The molecule has 14 heteroatoms. The fourth-order valence-corrected chi connectivity index (χ4v) is 4.94. The van der Waals surface area contributed by atoms with E-state index in [1.807, 2.05) is 0 Å². The van der Waals surface area contributed by atoms with Gasteiger partial charge in [0.15, 0.2) is 24.8 Å². The van der Waals surface area contributed by atoms with E-state index in [9.17, 15) is 33.6 Å². The number of rotatable bonds is 11. The number of nitrogens with one attached hydrogen (secondary N) is 1. The molecule has 0 radical (unpaired) electrons. The minimum Gasteiger partial charge on any atom is -0.463 e. The van der Waals surface area contributed by atoms with Crippen LogP contribution in [0.2, 0.25) is 0 Å². The number of carbonyl (C=O) groups is 7. The standard InChI is InChI=1S/C30H30N2O12/c1-16(34)41-15-23-25(42-17(2)35)26(43-18(3)36)24(31-27(37)20-9-5-4-8-19(20)14-33)30(44-23)40-13-12-32-28(38)21-10-6-7-11-22(21)29(32)39/h4-11,14,23-26,30H,12-13,15H2,1-3H3,(H,31,37)/t23-,24-,25-,26-,30-/m1/s1. The molecule has 2 aromatic rings. The third-order valence-electron chi connectivity index (χ3n) is 6.81. The molecule has 2 aliphatic heterocycles. The lowest BCUT2D eigenvalue weighted by atomic mass is 9.95. The van der Waals surface area contributed by atoms with Gasteiger partial charge in [0.05, 0.1) is 24.3 Å². The van der Waals surface area contributed by atoms with Gasteiger partial charge >= 0.3 is 17.9 Å². The van der Waals surface area contributed by atoms with Gasteiger partial charge in [0.1, 0.15) is 18.8 Å². The maximum absolute atomic E-state index is 13.4. The number of amides is 3. The molecule has 2 heterocycles. The fraction of sp³-hybridized carbons (Fsp3) is 0.367. The van der Waals surface area contributed by atoms with Crippen LogP contribution in [0.4, 0.5) is 0 Å². The van der Waals surface area contributed by atoms with E-state index in [1.54, 1.807) is 18.2 Å². The largest absolute Gasteiger partial charge is 0.463 e. The minimum atomic E-state index is -1.45. The molecule has 0 bridgehead atoms. The van der Waals surface area contributed by atoms with Gasteiger partial charge in [-0.2, -0.15) is 0 Å². The van der Waals surface area contributed by atoms with Gasteiger partial charge in [-0.1, -0.05) is 30.3 Å². The van der Waals surface area contributed by atoms with Crippen LogP contribution in [0.5, 0.6) is 0 Å². The Labute approximate surface area is 251 Å². The first-order chi connectivity index (χ1) is 21.0. The predicted octanol–water partition coefficient (Wildman–Crippen LogP) is 1.06. The molecule has 0 aliphatic carbocycles. The van der Waals surface area contributed by atoms with Crippen molar-refractivity contribution in [1.29, 1.82) is 0 Å². The van der Waals surface area contributed by atoms with Crippen molar-refractivity contribution in [2.24, 2.45) is 0 Å². The molecule has 0 aromatic heterocycles. The maximum Gasteiger partial charge on any atom is 0.303 e. The van der Waals surface area contributed by atoms with E-state index in [0.717, 1.165) is 25.7 Å². The molecule has 1 fully saturated rings. The Morgan fingerprint density at radius 3 is 2.05 bits per heavy atom. The van der Waals surface area contributed by atoms with Gasteiger partial charge in [-0.25, -0.2) is 0 Å². The molecule has 14 nitrogen and oxygen atoms in total. The van der Waals surface area contributed by atoms with Crippen LogP contribution in [0.3, 0.4) is 0 Å². The highest BCUT2D eigenvalue weighted by Crippen LogP contribution is 2.29. The number of benzene rings is 2. The molecule has 2 aromatic carbocycles. The molecule has 232 valence electrons. The minimum absolute atomic E-state index is 0.0140. The van der Waals surface area contributed by atoms with Gasteiger partial charge in [0, 0.05) is 31.9 Å². The highest BCUT2D eigenvalue weighted by atomic mass is 16.7. The van der Waals surface area contributed by atoms with Crippen molar-refractivity contribution in [3.8, 4) is 0 Å². The third-order valence-corrected chi connectivity index (χ3v) is 6.81. The molecular formula is C30H30N2O12. The fourth-order valence-electron chi connectivity index (χ4n) is 4.94. The molecule has 0 saturated carbocycles. The van der Waals surface area contributed by atoms with E-state index in [1.165, 1.54) is 30.3 Å². The SMILES string of the molecule is CC(=O)OC[C@H]1O[C@@H](OCCN2C(=O)c3ccccc3C2=O)[C@H](NC(=O)c2ccccc2C=O)[C@@H](OC(C)=O)[C@@H]1OC(C)=O. The van der Waals surface area contributed by atoms with Gasteiger partial charge in [-0.05, 0) is 18.2 Å². The lowest BCUT2D eigenvalue weighted by Gasteiger charge is -2.45. The normalized spacial score (nSPS) is 22.5. The quantitative estimate of drug-likeness (QED) is 0.166. The third kappa shape index (κ3) is 7.15. The first-order valence-electron chi connectivity index (χ1n) is 13.6. The van der Waals surface area contributed by atoms with Gasteiger partial charge in [-0.15, -0.1) is 0 Å². The second-order valence-corrected chi connectivity index (χ2v) is 9.88. The first kappa shape index (κ1) is 32.0. The zero-order valence-corrected chi connectivity index (χ0v) is 24.1. The lowest BCUT2D eigenvalue weighted by Crippen LogP contribution is -2.67. The van der Waals surface area contributed by atoms with Gasteiger partial charge in [0.25, 0.3) is 17.7 Å². The first-order valence-corrected chi connectivity index (χ1v) is 13.6. The number of hydrogen-bond donors (Lipinski definition) is 1. The Morgan fingerprint density at radius 1 is 0.864 bits per heavy atom. The van der Waals surface area contributed by atoms with Crippen molar-refractivity contribution in [1.82, 2.24) is 10.2 Å². The number of carbonyl (C=O) groups excluding carboxylic acids is 7. The van der Waals surface area contributed by atoms with E-state index < -0.39 is 72.9 Å². The zero-order chi connectivity index (χ0) is 32.0. The number of fused-ring (bicyclic) bond motifs is 1. The highest BCUT2D eigenvalue weighted by Gasteiger charge is 2.51. The molecule has 4 rings (SSSR count). The summed E-state index contributed by atoms with van der Waals surface area (Å²) >= 11 is 0. The Bertz CT molecular complexity index is 1440. The molecule has 0 spiro atoms. The Hall–Kier alpha value is -4.95. The van der Waals surface area contributed by atoms with Crippen molar-refractivity contribution in [3.05, 3.63) is 70.8 Å². The summed E-state index contributed by atoms with van der Waals surface area (Å²) in [6.45, 7) is 2.40. The maximum atomic E-state index is 13.4. The molecular weight excluding hydrogens is 580 g/mol. The second kappa shape index (κ2) is 14.0. The highest BCUT2D eigenvalue weighted by molar-refractivity contribution is 6.21. The topological polar surface area (TPSA) is 181 Å². The van der Waals surface area contributed by atoms with Crippen LogP contribution in [0.1, 0.15) is 62.2 Å². The van der Waals surface area contributed by atoms with Gasteiger partial charge in [0.2, 0.25) is 0 Å². The number of nitrogens with zero attached hydrogens (tertiary/aromatic N) is 1. The monoisotopic (exact) mass is 610 g/mol. The number of imide groups is 1. The molecule has 3 amide bonds. The number of esters is 3. The van der Waals surface area contributed by atoms with E-state index in [4.69, 9.17) is 23.7 Å². The second-order valence-electron chi connectivity index (χ2n) is 9.88. The molecule has 5 atom stereocenters. The average Bonchev–Trinajstić information content (AvgIpc) is 3.23. The van der Waals surface area contributed by atoms with Crippen molar-refractivity contribution < 1.29 is 57.2 Å². The van der Waals surface area contributed by atoms with Crippen LogP contribution in [0, 0.1) is 0 Å². The van der Waals surface area contributed by atoms with E-state index in [-0.39, 0.29) is 35.4 Å². The summed E-state index contributed by atoms with van der Waals surface area (Å²) in [5.41, 5.74) is 0.537. The van der Waals surface area contributed by atoms with Crippen molar-refractivity contribution in [2.45, 2.75) is 51.4 Å². The van der Waals surface area contributed by atoms with E-state index >= 15 is 0 Å². The molecule has 0 unspecified atom stereocenters. The molecule has 1 N–H and O–H groups in total. The van der Waals surface area contributed by atoms with Gasteiger partial charge < -0.3 is 29.0 Å². The van der Waals surface area contributed by atoms with Crippen molar-refractivity contribution in [3.63, 3.8) is 0 Å². The zero-order valence-electron chi connectivity index (χ0n) is 24.1. The molecule has 1 saturated heterocycles. The molecule has 2 aliphatic rings. The predicted molar refractivity (Wildman–Crippen MR) is 147 cm³/mol. The summed E-state index contributed by atoms with van der Waals surface area (Å²) < 4.78 is 27.9. The average molecular weight is 611 g/mol. The van der Waals surface area contributed by atoms with Gasteiger partial charge in [-0.3, -0.25) is 38.5 Å². The van der Waals surface area contributed by atoms with Crippen LogP contribution < -0.4 is 5.32 Å². The summed E-state index contributed by atoms with van der Waals surface area (Å²) in [6.07, 6.45) is -5.00. The van der Waals surface area contributed by atoms with Crippen LogP contribution in [-0.4, -0.2) is 97.2 Å². The van der Waals surface area contributed by atoms with Crippen LogP contribution >= 0.6 is 0 Å². The summed E-state index contributed by atoms with van der Waals surface area (Å²) in [6, 6.07) is 10.9. The van der Waals surface area contributed by atoms with Crippen LogP contribution in [0.15, 0.2) is 48.5 Å². The van der Waals surface area contributed by atoms with Crippen molar-refractivity contribution >= 4 is 41.9 Å². The van der Waals surface area contributed by atoms with Crippen molar-refractivity contribution in [2.75, 3.05) is 19.8 Å². The van der Waals surface area contributed by atoms with E-state index in [0.29, 0.717) is 6.29 Å². The number of ether oxygens (including phenoxy) is 5. The van der Waals surface area contributed by atoms with Crippen LogP contribution in [0.25, 0.3) is 0 Å². The summed E-state index contributed by atoms with van der Waals surface area (Å²) in [4.78, 5) is 87.5.